The van der Waals surface area contributed by atoms with E-state index in [1.807, 2.05) is 0 Å². The molecular weight excluding hydrogens is 260 g/mol. The molecular formula is C18H36N2O. The number of hydrogen-bond donors (Lipinski definition) is 1. The number of rotatable bonds is 4. The molecule has 4 unspecified atom stereocenters. The van der Waals surface area contributed by atoms with Gasteiger partial charge in [-0.3, -0.25) is 4.90 Å². The summed E-state index contributed by atoms with van der Waals surface area (Å²) in [5.41, 5.74) is 0.434. The minimum absolute atomic E-state index is 0.434. The van der Waals surface area contributed by atoms with Crippen LogP contribution in [0.2, 0.25) is 0 Å². The zero-order valence-corrected chi connectivity index (χ0v) is 14.8. The van der Waals surface area contributed by atoms with E-state index in [1.165, 1.54) is 25.7 Å². The summed E-state index contributed by atoms with van der Waals surface area (Å²) in [6.45, 7) is 15.8. The maximum atomic E-state index is 5.72. The quantitative estimate of drug-likeness (QED) is 0.861. The summed E-state index contributed by atoms with van der Waals surface area (Å²) in [6.07, 6.45) is 5.25. The standard InChI is InChI=1S/C18H36N2O/c1-6-15-13-21-11-10-20(15)17-12-14(18(3,4)5)8-9-16(17)19-7-2/h14-17,19H,6-13H2,1-5H3. The molecule has 124 valence electrons. The minimum atomic E-state index is 0.434. The van der Waals surface area contributed by atoms with Crippen LogP contribution in [0.4, 0.5) is 0 Å². The highest BCUT2D eigenvalue weighted by Crippen LogP contribution is 2.40. The first-order valence-corrected chi connectivity index (χ1v) is 9.04. The molecule has 0 aromatic rings. The maximum absolute atomic E-state index is 5.72. The van der Waals surface area contributed by atoms with Gasteiger partial charge in [0.2, 0.25) is 0 Å². The van der Waals surface area contributed by atoms with Gasteiger partial charge in [-0.05, 0) is 43.6 Å². The van der Waals surface area contributed by atoms with Crippen molar-refractivity contribution < 1.29 is 4.74 Å². The summed E-state index contributed by atoms with van der Waals surface area (Å²) < 4.78 is 5.72. The Bertz CT molecular complexity index is 313. The van der Waals surface area contributed by atoms with Crippen LogP contribution in [0.1, 0.15) is 60.3 Å². The average molecular weight is 296 g/mol. The molecule has 1 heterocycles. The molecule has 1 aliphatic carbocycles. The van der Waals surface area contributed by atoms with Crippen molar-refractivity contribution in [2.75, 3.05) is 26.3 Å². The third-order valence-electron chi connectivity index (χ3n) is 5.68. The third-order valence-corrected chi connectivity index (χ3v) is 5.68. The Morgan fingerprint density at radius 3 is 2.57 bits per heavy atom. The lowest BCUT2D eigenvalue weighted by Crippen LogP contribution is -2.60. The molecule has 4 atom stereocenters. The van der Waals surface area contributed by atoms with E-state index >= 15 is 0 Å². The average Bonchev–Trinajstić information content (AvgIpc) is 2.47. The Labute approximate surface area is 131 Å². The van der Waals surface area contributed by atoms with Gasteiger partial charge in [-0.25, -0.2) is 0 Å². The van der Waals surface area contributed by atoms with Gasteiger partial charge in [-0.1, -0.05) is 34.6 Å². The molecule has 2 aliphatic rings. The van der Waals surface area contributed by atoms with Gasteiger partial charge in [0.25, 0.3) is 0 Å². The van der Waals surface area contributed by atoms with Gasteiger partial charge in [0, 0.05) is 24.7 Å². The molecule has 3 heteroatoms. The monoisotopic (exact) mass is 296 g/mol. The van der Waals surface area contributed by atoms with Gasteiger partial charge in [0.15, 0.2) is 0 Å². The summed E-state index contributed by atoms with van der Waals surface area (Å²) in [7, 11) is 0. The second-order valence-corrected chi connectivity index (χ2v) is 7.98. The van der Waals surface area contributed by atoms with Gasteiger partial charge in [0.1, 0.15) is 0 Å². The largest absolute Gasteiger partial charge is 0.378 e. The van der Waals surface area contributed by atoms with Crippen molar-refractivity contribution in [3.8, 4) is 0 Å². The number of nitrogens with one attached hydrogen (secondary N) is 1. The number of hydrogen-bond acceptors (Lipinski definition) is 3. The number of likely N-dealkylation sites (N-methyl/N-ethyl adjacent to an activating group) is 1. The van der Waals surface area contributed by atoms with Gasteiger partial charge in [-0.2, -0.15) is 0 Å². The van der Waals surface area contributed by atoms with Crippen molar-refractivity contribution in [3.63, 3.8) is 0 Å². The normalized spacial score (nSPS) is 35.9. The molecule has 0 aromatic carbocycles. The van der Waals surface area contributed by atoms with E-state index in [-0.39, 0.29) is 0 Å². The van der Waals surface area contributed by atoms with Gasteiger partial charge >= 0.3 is 0 Å². The summed E-state index contributed by atoms with van der Waals surface area (Å²) in [4.78, 5) is 2.77. The van der Waals surface area contributed by atoms with Gasteiger partial charge < -0.3 is 10.1 Å². The van der Waals surface area contributed by atoms with Crippen LogP contribution in [0.25, 0.3) is 0 Å². The Hall–Kier alpha value is -0.120. The molecule has 1 saturated heterocycles. The molecule has 0 radical (unpaired) electrons. The lowest BCUT2D eigenvalue weighted by Gasteiger charge is -2.50. The fourth-order valence-corrected chi connectivity index (χ4v) is 4.26. The van der Waals surface area contributed by atoms with E-state index in [0.29, 0.717) is 23.5 Å². The molecule has 1 saturated carbocycles. The van der Waals surface area contributed by atoms with Crippen molar-refractivity contribution in [3.05, 3.63) is 0 Å². The van der Waals surface area contributed by atoms with Crippen molar-refractivity contribution in [2.45, 2.75) is 78.4 Å². The van der Waals surface area contributed by atoms with Crippen LogP contribution in [0, 0.1) is 11.3 Å². The number of morpholine rings is 1. The second-order valence-electron chi connectivity index (χ2n) is 7.98. The van der Waals surface area contributed by atoms with Crippen molar-refractivity contribution >= 4 is 0 Å². The van der Waals surface area contributed by atoms with E-state index in [0.717, 1.165) is 32.2 Å². The predicted octanol–water partition coefficient (Wildman–Crippen LogP) is 3.29. The van der Waals surface area contributed by atoms with Crippen LogP contribution in [0.5, 0.6) is 0 Å². The topological polar surface area (TPSA) is 24.5 Å². The van der Waals surface area contributed by atoms with E-state index in [4.69, 9.17) is 4.74 Å². The highest BCUT2D eigenvalue weighted by Gasteiger charge is 2.40. The molecule has 2 rings (SSSR count). The summed E-state index contributed by atoms with van der Waals surface area (Å²) in [5, 5.41) is 3.77. The van der Waals surface area contributed by atoms with Gasteiger partial charge in [0.05, 0.1) is 13.2 Å². The molecule has 3 nitrogen and oxygen atoms in total. The van der Waals surface area contributed by atoms with Crippen LogP contribution in [-0.4, -0.2) is 49.3 Å². The van der Waals surface area contributed by atoms with E-state index in [2.05, 4.69) is 44.8 Å². The van der Waals surface area contributed by atoms with Crippen LogP contribution in [0.3, 0.4) is 0 Å². The molecule has 0 amide bonds. The number of nitrogens with zero attached hydrogens (tertiary/aromatic N) is 1. The van der Waals surface area contributed by atoms with Crippen molar-refractivity contribution in [1.29, 1.82) is 0 Å². The minimum Gasteiger partial charge on any atom is -0.378 e. The number of ether oxygens (including phenoxy) is 1. The first-order chi connectivity index (χ1) is 9.97. The molecule has 0 spiro atoms. The lowest BCUT2D eigenvalue weighted by molar-refractivity contribution is -0.0557. The van der Waals surface area contributed by atoms with Crippen LogP contribution in [-0.2, 0) is 4.74 Å². The van der Waals surface area contributed by atoms with Crippen LogP contribution < -0.4 is 5.32 Å². The Kier molecular flexibility index (Phi) is 6.10. The van der Waals surface area contributed by atoms with E-state index in [9.17, 15) is 0 Å². The second kappa shape index (κ2) is 7.43. The Morgan fingerprint density at radius 2 is 1.95 bits per heavy atom. The maximum Gasteiger partial charge on any atom is 0.0622 e. The van der Waals surface area contributed by atoms with E-state index in [1.54, 1.807) is 0 Å². The van der Waals surface area contributed by atoms with Gasteiger partial charge in [-0.15, -0.1) is 0 Å². The predicted molar refractivity (Wildman–Crippen MR) is 89.7 cm³/mol. The third kappa shape index (κ3) is 4.20. The van der Waals surface area contributed by atoms with E-state index < -0.39 is 0 Å². The molecule has 0 bridgehead atoms. The highest BCUT2D eigenvalue weighted by molar-refractivity contribution is 4.96. The summed E-state index contributed by atoms with van der Waals surface area (Å²) >= 11 is 0. The van der Waals surface area contributed by atoms with Crippen molar-refractivity contribution in [2.24, 2.45) is 11.3 Å². The van der Waals surface area contributed by atoms with Crippen LogP contribution >= 0.6 is 0 Å². The highest BCUT2D eigenvalue weighted by atomic mass is 16.5. The molecule has 21 heavy (non-hydrogen) atoms. The molecule has 1 aliphatic heterocycles. The summed E-state index contributed by atoms with van der Waals surface area (Å²) in [6, 6.07) is 1.97. The smallest absolute Gasteiger partial charge is 0.0622 e. The molecule has 1 N–H and O–H groups in total. The Balaban J connectivity index is 2.12. The fraction of sp³-hybridized carbons (Fsp3) is 1.00. The molecule has 0 aromatic heterocycles. The summed E-state index contributed by atoms with van der Waals surface area (Å²) in [5.74, 6) is 0.845. The zero-order valence-electron chi connectivity index (χ0n) is 14.8. The lowest BCUT2D eigenvalue weighted by atomic mass is 9.69. The molecule has 2 fully saturated rings. The van der Waals surface area contributed by atoms with Crippen molar-refractivity contribution in [1.82, 2.24) is 10.2 Å². The Morgan fingerprint density at radius 1 is 1.19 bits per heavy atom. The fourth-order valence-electron chi connectivity index (χ4n) is 4.26. The first-order valence-electron chi connectivity index (χ1n) is 9.04. The SMILES string of the molecule is CCNC1CCC(C(C)(C)C)CC1N1CCOCC1CC. The zero-order chi connectivity index (χ0) is 15.5. The van der Waals surface area contributed by atoms with Crippen LogP contribution in [0.15, 0.2) is 0 Å². The first kappa shape index (κ1) is 17.2.